The minimum absolute atomic E-state index is 0.878. The highest BCUT2D eigenvalue weighted by atomic mass is 15.1. The Bertz CT molecular complexity index is 551. The van der Waals surface area contributed by atoms with Crippen LogP contribution in [0.2, 0.25) is 0 Å². The van der Waals surface area contributed by atoms with Gasteiger partial charge in [0.25, 0.3) is 0 Å². The number of benzene rings is 2. The third kappa shape index (κ3) is 3.78. The Morgan fingerprint density at radius 2 is 1.52 bits per heavy atom. The van der Waals surface area contributed by atoms with E-state index in [1.54, 1.807) is 0 Å². The second-order valence-corrected chi connectivity index (χ2v) is 5.93. The van der Waals surface area contributed by atoms with Crippen LogP contribution < -0.4 is 10.2 Å². The van der Waals surface area contributed by atoms with E-state index in [1.165, 1.54) is 54.9 Å². The predicted octanol–water partition coefficient (Wildman–Crippen LogP) is 4.60. The van der Waals surface area contributed by atoms with Gasteiger partial charge in [-0.15, -0.1) is 0 Å². The first kappa shape index (κ1) is 14.0. The quantitative estimate of drug-likeness (QED) is 0.880. The van der Waals surface area contributed by atoms with Crippen molar-refractivity contribution in [2.24, 2.45) is 0 Å². The van der Waals surface area contributed by atoms with Gasteiger partial charge in [0, 0.05) is 31.0 Å². The predicted molar refractivity (Wildman–Crippen MR) is 91.0 cm³/mol. The lowest BCUT2D eigenvalue weighted by atomic mass is 10.1. The second-order valence-electron chi connectivity index (χ2n) is 5.93. The van der Waals surface area contributed by atoms with Gasteiger partial charge in [-0.1, -0.05) is 29.8 Å². The average Bonchev–Trinajstić information content (AvgIpc) is 2.56. The fourth-order valence-corrected chi connectivity index (χ4v) is 2.85. The van der Waals surface area contributed by atoms with Crippen LogP contribution in [-0.4, -0.2) is 13.1 Å². The lowest BCUT2D eigenvalue weighted by molar-refractivity contribution is 0.578. The molecule has 1 aliphatic heterocycles. The Labute approximate surface area is 127 Å². The van der Waals surface area contributed by atoms with Gasteiger partial charge in [0.1, 0.15) is 0 Å². The van der Waals surface area contributed by atoms with Gasteiger partial charge in [0.2, 0.25) is 0 Å². The summed E-state index contributed by atoms with van der Waals surface area (Å²) < 4.78 is 0. The number of nitrogens with one attached hydrogen (secondary N) is 1. The van der Waals surface area contributed by atoms with Crippen molar-refractivity contribution >= 4 is 11.4 Å². The van der Waals surface area contributed by atoms with E-state index in [0.717, 1.165) is 6.54 Å². The van der Waals surface area contributed by atoms with Gasteiger partial charge in [-0.05, 0) is 56.0 Å². The Hall–Kier alpha value is -1.96. The molecule has 0 spiro atoms. The van der Waals surface area contributed by atoms with E-state index in [9.17, 15) is 0 Å². The van der Waals surface area contributed by atoms with E-state index < -0.39 is 0 Å². The molecule has 0 unspecified atom stereocenters. The van der Waals surface area contributed by atoms with Crippen molar-refractivity contribution in [1.82, 2.24) is 0 Å². The summed E-state index contributed by atoms with van der Waals surface area (Å²) in [5.41, 5.74) is 5.18. The molecule has 2 aromatic rings. The summed E-state index contributed by atoms with van der Waals surface area (Å²) >= 11 is 0. The van der Waals surface area contributed by atoms with Gasteiger partial charge < -0.3 is 10.2 Å². The Kier molecular flexibility index (Phi) is 4.44. The summed E-state index contributed by atoms with van der Waals surface area (Å²) in [6.45, 7) is 5.41. The number of aryl methyl sites for hydroxylation is 1. The van der Waals surface area contributed by atoms with Crippen LogP contribution in [-0.2, 0) is 6.54 Å². The van der Waals surface area contributed by atoms with Crippen LogP contribution in [0.4, 0.5) is 11.4 Å². The molecule has 0 atom stereocenters. The fourth-order valence-electron chi connectivity index (χ4n) is 2.85. The number of hydrogen-bond acceptors (Lipinski definition) is 2. The molecule has 0 amide bonds. The summed E-state index contributed by atoms with van der Waals surface area (Å²) in [5, 5.41) is 3.49. The molecule has 0 radical (unpaired) electrons. The molecule has 0 bridgehead atoms. The molecule has 0 saturated carbocycles. The normalized spacial score (nSPS) is 15.0. The average molecular weight is 280 g/mol. The highest BCUT2D eigenvalue weighted by molar-refractivity contribution is 5.55. The third-order valence-electron chi connectivity index (χ3n) is 4.21. The van der Waals surface area contributed by atoms with Gasteiger partial charge >= 0.3 is 0 Å². The molecule has 2 nitrogen and oxygen atoms in total. The van der Waals surface area contributed by atoms with Crippen LogP contribution in [0.25, 0.3) is 0 Å². The van der Waals surface area contributed by atoms with Crippen molar-refractivity contribution in [3.05, 3.63) is 59.7 Å². The molecular weight excluding hydrogens is 256 g/mol. The van der Waals surface area contributed by atoms with E-state index in [-0.39, 0.29) is 0 Å². The minimum atomic E-state index is 0.878. The molecule has 0 aliphatic carbocycles. The van der Waals surface area contributed by atoms with Crippen molar-refractivity contribution < 1.29 is 0 Å². The van der Waals surface area contributed by atoms with Crippen LogP contribution >= 0.6 is 0 Å². The van der Waals surface area contributed by atoms with Gasteiger partial charge in [-0.3, -0.25) is 0 Å². The van der Waals surface area contributed by atoms with Crippen LogP contribution in [0, 0.1) is 6.92 Å². The number of piperidine rings is 1. The number of nitrogens with zero attached hydrogens (tertiary/aromatic N) is 1. The van der Waals surface area contributed by atoms with Crippen LogP contribution in [0.3, 0.4) is 0 Å². The molecule has 3 rings (SSSR count). The highest BCUT2D eigenvalue weighted by Crippen LogP contribution is 2.22. The van der Waals surface area contributed by atoms with E-state index in [4.69, 9.17) is 0 Å². The standard InChI is InChI=1S/C19H24N2/c1-16-5-7-17(8-6-16)15-20-18-9-11-19(12-10-18)21-13-3-2-4-14-21/h5-12,20H,2-4,13-15H2,1H3. The summed E-state index contributed by atoms with van der Waals surface area (Å²) in [4.78, 5) is 2.49. The van der Waals surface area contributed by atoms with Crippen molar-refractivity contribution in [1.29, 1.82) is 0 Å². The molecule has 1 N–H and O–H groups in total. The number of hydrogen-bond donors (Lipinski definition) is 1. The van der Waals surface area contributed by atoms with E-state index in [2.05, 4.69) is 65.7 Å². The van der Waals surface area contributed by atoms with Crippen LogP contribution in [0.15, 0.2) is 48.5 Å². The van der Waals surface area contributed by atoms with Gasteiger partial charge in [-0.2, -0.15) is 0 Å². The zero-order chi connectivity index (χ0) is 14.5. The maximum atomic E-state index is 3.49. The van der Waals surface area contributed by atoms with E-state index in [1.807, 2.05) is 0 Å². The van der Waals surface area contributed by atoms with Gasteiger partial charge in [-0.25, -0.2) is 0 Å². The van der Waals surface area contributed by atoms with Crippen molar-refractivity contribution in [2.45, 2.75) is 32.7 Å². The van der Waals surface area contributed by atoms with Crippen LogP contribution in [0.5, 0.6) is 0 Å². The molecule has 110 valence electrons. The minimum Gasteiger partial charge on any atom is -0.381 e. The zero-order valence-corrected chi connectivity index (χ0v) is 12.8. The molecule has 1 saturated heterocycles. The Morgan fingerprint density at radius 1 is 0.857 bits per heavy atom. The lowest BCUT2D eigenvalue weighted by Crippen LogP contribution is -2.29. The molecule has 2 heteroatoms. The number of anilines is 2. The maximum absolute atomic E-state index is 3.49. The van der Waals surface area contributed by atoms with Crippen molar-refractivity contribution in [2.75, 3.05) is 23.3 Å². The SMILES string of the molecule is Cc1ccc(CNc2ccc(N3CCCCC3)cc2)cc1. The zero-order valence-electron chi connectivity index (χ0n) is 12.8. The lowest BCUT2D eigenvalue weighted by Gasteiger charge is -2.28. The topological polar surface area (TPSA) is 15.3 Å². The molecular formula is C19H24N2. The van der Waals surface area contributed by atoms with Crippen molar-refractivity contribution in [3.63, 3.8) is 0 Å². The summed E-state index contributed by atoms with van der Waals surface area (Å²) in [5.74, 6) is 0. The fraction of sp³-hybridized carbons (Fsp3) is 0.368. The molecule has 1 heterocycles. The first-order chi connectivity index (χ1) is 10.3. The third-order valence-corrected chi connectivity index (χ3v) is 4.21. The maximum Gasteiger partial charge on any atom is 0.0400 e. The largest absolute Gasteiger partial charge is 0.381 e. The first-order valence-electron chi connectivity index (χ1n) is 7.96. The first-order valence-corrected chi connectivity index (χ1v) is 7.96. The summed E-state index contributed by atoms with van der Waals surface area (Å²) in [6, 6.07) is 17.6. The second kappa shape index (κ2) is 6.66. The summed E-state index contributed by atoms with van der Waals surface area (Å²) in [7, 11) is 0. The van der Waals surface area contributed by atoms with Crippen LogP contribution in [0.1, 0.15) is 30.4 Å². The molecule has 21 heavy (non-hydrogen) atoms. The van der Waals surface area contributed by atoms with E-state index in [0.29, 0.717) is 0 Å². The van der Waals surface area contributed by atoms with Crippen molar-refractivity contribution in [3.8, 4) is 0 Å². The Balaban J connectivity index is 1.57. The molecule has 1 fully saturated rings. The molecule has 2 aromatic carbocycles. The van der Waals surface area contributed by atoms with Gasteiger partial charge in [0.15, 0.2) is 0 Å². The van der Waals surface area contributed by atoms with Gasteiger partial charge in [0.05, 0.1) is 0 Å². The Morgan fingerprint density at radius 3 is 2.19 bits per heavy atom. The molecule has 0 aromatic heterocycles. The monoisotopic (exact) mass is 280 g/mol. The smallest absolute Gasteiger partial charge is 0.0400 e. The summed E-state index contributed by atoms with van der Waals surface area (Å²) in [6.07, 6.45) is 4.04. The number of rotatable bonds is 4. The van der Waals surface area contributed by atoms with E-state index >= 15 is 0 Å². The highest BCUT2D eigenvalue weighted by Gasteiger charge is 2.10. The molecule has 1 aliphatic rings.